The van der Waals surface area contributed by atoms with Crippen LogP contribution in [0.25, 0.3) is 143 Å². The summed E-state index contributed by atoms with van der Waals surface area (Å²) in [5.41, 5.74) is 21.5. The van der Waals surface area contributed by atoms with Crippen LogP contribution in [-0.4, -0.2) is 9.13 Å². The van der Waals surface area contributed by atoms with Gasteiger partial charge in [-0.2, -0.15) is 0 Å². The Morgan fingerprint density at radius 2 is 0.395 bits per heavy atom. The first-order valence-electron chi connectivity index (χ1n) is 26.2. The topological polar surface area (TPSA) is 9.86 Å². The minimum Gasteiger partial charge on any atom is -0.309 e. The second-order valence-electron chi connectivity index (χ2n) is 20.0. The molecule has 0 unspecified atom stereocenters. The maximum absolute atomic E-state index is 2.46. The molecule has 2 heterocycles. The van der Waals surface area contributed by atoms with E-state index in [9.17, 15) is 0 Å². The van der Waals surface area contributed by atoms with Crippen molar-refractivity contribution in [2.24, 2.45) is 0 Å². The summed E-state index contributed by atoms with van der Waals surface area (Å²) in [5.74, 6) is 0. The molecule has 0 aliphatic heterocycles. The molecule has 13 aromatic carbocycles. The molecule has 0 fully saturated rings. The van der Waals surface area contributed by atoms with Crippen molar-refractivity contribution in [3.05, 3.63) is 291 Å². The van der Waals surface area contributed by atoms with E-state index in [1.54, 1.807) is 0 Å². The normalized spacial score (nSPS) is 11.7. The summed E-state index contributed by atoms with van der Waals surface area (Å²) in [7, 11) is 0. The third-order valence-corrected chi connectivity index (χ3v) is 15.7. The Hall–Kier alpha value is -10.0. The zero-order chi connectivity index (χ0) is 50.1. The Morgan fingerprint density at radius 3 is 0.711 bits per heavy atom. The highest BCUT2D eigenvalue weighted by molar-refractivity contribution is 6.23. The standard InChI is InChI=1S/C74H48N2/c1-7-19-49(20-8-1)53-33-39-69-63(43-53)65-45-57(35-41-71(65)75(69)59-27-15-5-16-28-59)55-31-37-61-67(47-55)74(52-25-13-4-14-26-52)68-48-56(32-38-62(68)73(61)51-23-11-3-12-24-51)58-36-42-72-66(46-58)64-44-54(50-21-9-2-10-22-50)34-40-70(64)76(72)60-29-17-6-18-30-60/h1-48H. The van der Waals surface area contributed by atoms with Crippen LogP contribution >= 0.6 is 0 Å². The molecule has 15 rings (SSSR count). The van der Waals surface area contributed by atoms with Crippen LogP contribution in [0, 0.1) is 0 Å². The first-order chi connectivity index (χ1) is 37.7. The van der Waals surface area contributed by atoms with Gasteiger partial charge in [0, 0.05) is 32.9 Å². The average Bonchev–Trinajstić information content (AvgIpc) is 4.07. The van der Waals surface area contributed by atoms with Gasteiger partial charge >= 0.3 is 0 Å². The van der Waals surface area contributed by atoms with E-state index in [1.165, 1.54) is 132 Å². The smallest absolute Gasteiger partial charge is 0.0541 e. The molecule has 0 saturated carbocycles. The number of aromatic nitrogens is 2. The Bertz CT molecular complexity index is 4430. The van der Waals surface area contributed by atoms with E-state index < -0.39 is 0 Å². The fraction of sp³-hybridized carbons (Fsp3) is 0. The first kappa shape index (κ1) is 43.6. The molecular weight excluding hydrogens is 917 g/mol. The van der Waals surface area contributed by atoms with E-state index in [0.717, 1.165) is 11.4 Å². The Balaban J connectivity index is 0.962. The van der Waals surface area contributed by atoms with Crippen LogP contribution in [0.1, 0.15) is 0 Å². The average molecular weight is 965 g/mol. The lowest BCUT2D eigenvalue weighted by molar-refractivity contribution is 1.18. The van der Waals surface area contributed by atoms with Crippen LogP contribution in [0.4, 0.5) is 0 Å². The van der Waals surface area contributed by atoms with E-state index >= 15 is 0 Å². The lowest BCUT2D eigenvalue weighted by atomic mass is 9.84. The Kier molecular flexibility index (Phi) is 10.2. The van der Waals surface area contributed by atoms with Crippen LogP contribution in [0.5, 0.6) is 0 Å². The Morgan fingerprint density at radius 1 is 0.158 bits per heavy atom. The molecule has 0 atom stereocenters. The van der Waals surface area contributed by atoms with Gasteiger partial charge < -0.3 is 9.13 Å². The van der Waals surface area contributed by atoms with Crippen molar-refractivity contribution >= 4 is 65.2 Å². The van der Waals surface area contributed by atoms with Gasteiger partial charge in [-0.1, -0.05) is 206 Å². The van der Waals surface area contributed by atoms with Crippen molar-refractivity contribution in [2.45, 2.75) is 0 Å². The number of hydrogen-bond acceptors (Lipinski definition) is 0. The maximum Gasteiger partial charge on any atom is 0.0541 e. The summed E-state index contributed by atoms with van der Waals surface area (Å²) >= 11 is 0. The summed E-state index contributed by atoms with van der Waals surface area (Å²) in [4.78, 5) is 0. The third kappa shape index (κ3) is 7.18. The monoisotopic (exact) mass is 964 g/mol. The summed E-state index contributed by atoms with van der Waals surface area (Å²) in [6, 6.07) is 107. The molecule has 15 aromatic rings. The van der Waals surface area contributed by atoms with Crippen molar-refractivity contribution in [3.8, 4) is 78.1 Å². The first-order valence-corrected chi connectivity index (χ1v) is 26.2. The quantitative estimate of drug-likeness (QED) is 0.134. The van der Waals surface area contributed by atoms with Crippen LogP contribution in [-0.2, 0) is 0 Å². The van der Waals surface area contributed by atoms with Crippen LogP contribution in [0.15, 0.2) is 291 Å². The highest BCUT2D eigenvalue weighted by atomic mass is 15.0. The minimum atomic E-state index is 1.15. The molecule has 0 N–H and O–H groups in total. The minimum absolute atomic E-state index is 1.15. The largest absolute Gasteiger partial charge is 0.309 e. The lowest BCUT2D eigenvalue weighted by Crippen LogP contribution is -1.94. The van der Waals surface area contributed by atoms with E-state index in [1.807, 2.05) is 0 Å². The van der Waals surface area contributed by atoms with Gasteiger partial charge in [-0.25, -0.2) is 0 Å². The number of para-hydroxylation sites is 2. The molecule has 2 heteroatoms. The molecule has 0 spiro atoms. The van der Waals surface area contributed by atoms with Gasteiger partial charge in [0.05, 0.1) is 22.1 Å². The second kappa shape index (κ2) is 17.9. The summed E-state index contributed by atoms with van der Waals surface area (Å²) in [6.07, 6.45) is 0. The van der Waals surface area contributed by atoms with E-state index in [2.05, 4.69) is 300 Å². The van der Waals surface area contributed by atoms with Crippen LogP contribution in [0.3, 0.4) is 0 Å². The Labute approximate surface area is 441 Å². The zero-order valence-electron chi connectivity index (χ0n) is 41.6. The predicted molar refractivity (Wildman–Crippen MR) is 323 cm³/mol. The number of fused-ring (bicyclic) bond motifs is 8. The molecule has 0 radical (unpaired) electrons. The predicted octanol–water partition coefficient (Wildman–Crippen LogP) is 20.2. The molecule has 0 aliphatic carbocycles. The van der Waals surface area contributed by atoms with Crippen molar-refractivity contribution in [3.63, 3.8) is 0 Å². The molecule has 76 heavy (non-hydrogen) atoms. The molecule has 2 aromatic heterocycles. The molecular formula is C74H48N2. The van der Waals surface area contributed by atoms with Gasteiger partial charge in [0.1, 0.15) is 0 Å². The zero-order valence-corrected chi connectivity index (χ0v) is 41.6. The fourth-order valence-electron chi connectivity index (χ4n) is 12.2. The van der Waals surface area contributed by atoms with Gasteiger partial charge in [0.2, 0.25) is 0 Å². The van der Waals surface area contributed by atoms with Crippen LogP contribution < -0.4 is 0 Å². The fourth-order valence-corrected chi connectivity index (χ4v) is 12.2. The van der Waals surface area contributed by atoms with Crippen molar-refractivity contribution in [1.82, 2.24) is 9.13 Å². The van der Waals surface area contributed by atoms with E-state index in [-0.39, 0.29) is 0 Å². The highest BCUT2D eigenvalue weighted by Crippen LogP contribution is 2.47. The molecule has 0 amide bonds. The summed E-state index contributed by atoms with van der Waals surface area (Å²) in [6.45, 7) is 0. The molecule has 2 nitrogen and oxygen atoms in total. The molecule has 0 saturated heterocycles. The maximum atomic E-state index is 2.46. The molecule has 0 aliphatic rings. The second-order valence-corrected chi connectivity index (χ2v) is 20.0. The van der Waals surface area contributed by atoms with Crippen LogP contribution in [0.2, 0.25) is 0 Å². The number of rotatable bonds is 8. The molecule has 354 valence electrons. The SMILES string of the molecule is c1ccc(-c2ccc3c(c2)c2cc(-c4ccc5c(-c6ccccc6)c6ccc(-c7ccc8c(c7)c7cc(-c9ccccc9)ccc7n8-c7ccccc7)cc6c(-c6ccccc6)c5c4)ccc2n3-c2ccccc2)cc1. The number of hydrogen-bond donors (Lipinski definition) is 0. The van der Waals surface area contributed by atoms with E-state index in [4.69, 9.17) is 0 Å². The van der Waals surface area contributed by atoms with Crippen molar-refractivity contribution in [1.29, 1.82) is 0 Å². The van der Waals surface area contributed by atoms with Gasteiger partial charge in [-0.05, 0) is 173 Å². The lowest BCUT2D eigenvalue weighted by Gasteiger charge is -2.20. The summed E-state index contributed by atoms with van der Waals surface area (Å²) < 4.78 is 4.82. The number of nitrogens with zero attached hydrogens (tertiary/aromatic N) is 2. The van der Waals surface area contributed by atoms with Gasteiger partial charge in [0.25, 0.3) is 0 Å². The third-order valence-electron chi connectivity index (χ3n) is 15.7. The molecule has 0 bridgehead atoms. The van der Waals surface area contributed by atoms with E-state index in [0.29, 0.717) is 0 Å². The van der Waals surface area contributed by atoms with Crippen molar-refractivity contribution < 1.29 is 0 Å². The summed E-state index contributed by atoms with van der Waals surface area (Å²) in [5, 5.41) is 9.83. The highest BCUT2D eigenvalue weighted by Gasteiger charge is 2.21. The van der Waals surface area contributed by atoms with Crippen molar-refractivity contribution in [2.75, 3.05) is 0 Å². The van der Waals surface area contributed by atoms with Gasteiger partial charge in [-0.3, -0.25) is 0 Å². The van der Waals surface area contributed by atoms with Gasteiger partial charge in [0.15, 0.2) is 0 Å². The number of benzene rings is 13. The van der Waals surface area contributed by atoms with Gasteiger partial charge in [-0.15, -0.1) is 0 Å².